The number of imidazole rings is 1. The lowest BCUT2D eigenvalue weighted by Crippen LogP contribution is -2.39. The van der Waals surface area contributed by atoms with Crippen LogP contribution in [-0.4, -0.2) is 26.1 Å². The first kappa shape index (κ1) is 25.2. The van der Waals surface area contributed by atoms with E-state index in [1.165, 1.54) is 6.20 Å². The first-order valence-corrected chi connectivity index (χ1v) is 13.4. The smallest absolute Gasteiger partial charge is 0.333 e. The van der Waals surface area contributed by atoms with E-state index < -0.39 is 0 Å². The second kappa shape index (κ2) is 10.5. The number of aryl methyl sites for hydroxylation is 1. The minimum absolute atomic E-state index is 0.0695. The van der Waals surface area contributed by atoms with Crippen LogP contribution in [0.4, 0.5) is 0 Å². The fourth-order valence-electron chi connectivity index (χ4n) is 5.15. The molecule has 188 valence electrons. The Bertz CT molecular complexity index is 1590. The molecule has 2 heterocycles. The van der Waals surface area contributed by atoms with Gasteiger partial charge in [0.15, 0.2) is 0 Å². The van der Waals surface area contributed by atoms with Gasteiger partial charge in [-0.2, -0.15) is 5.26 Å². The van der Waals surface area contributed by atoms with Gasteiger partial charge in [0.05, 0.1) is 38.6 Å². The van der Waals surface area contributed by atoms with Crippen molar-refractivity contribution in [3.8, 4) is 11.8 Å². The summed E-state index contributed by atoms with van der Waals surface area (Å²) in [5.74, 6) is 0.148. The van der Waals surface area contributed by atoms with E-state index in [9.17, 15) is 14.9 Å². The molecule has 1 fully saturated rings. The number of carbonyl (C=O) groups excluding carboxylic acids is 1. The van der Waals surface area contributed by atoms with Crippen LogP contribution in [0, 0.1) is 24.2 Å². The quantitative estimate of drug-likeness (QED) is 0.325. The van der Waals surface area contributed by atoms with E-state index in [0.29, 0.717) is 40.0 Å². The van der Waals surface area contributed by atoms with E-state index in [1.807, 2.05) is 34.9 Å². The lowest BCUT2D eigenvalue weighted by Gasteiger charge is -2.29. The molecule has 0 unspecified atom stereocenters. The standard InChI is InChI=1S/C28H25BrClN5O2/c1-17-23(13-21(30)15-32-17)27(36)33-22-10-6-18(7-11-22)16-34-24-4-2-3-5-25(24)35(28(34)37)26-12-20(29)9-8-19(26)14-31/h2-5,8-9,12-13,15,18,22H,6-7,10-11,16H2,1H3,(H,33,36). The summed E-state index contributed by atoms with van der Waals surface area (Å²) in [4.78, 5) is 30.7. The molecule has 0 spiro atoms. The maximum Gasteiger partial charge on any atom is 0.333 e. The lowest BCUT2D eigenvalue weighted by molar-refractivity contribution is 0.0919. The third-order valence-electron chi connectivity index (χ3n) is 7.08. The summed E-state index contributed by atoms with van der Waals surface area (Å²) >= 11 is 9.50. The molecular formula is C28H25BrClN5O2. The first-order valence-electron chi connectivity index (χ1n) is 12.2. The van der Waals surface area contributed by atoms with Crippen LogP contribution in [0.2, 0.25) is 5.02 Å². The molecule has 0 saturated heterocycles. The topological polar surface area (TPSA) is 92.7 Å². The van der Waals surface area contributed by atoms with Crippen LogP contribution < -0.4 is 11.0 Å². The van der Waals surface area contributed by atoms with Gasteiger partial charge in [0.25, 0.3) is 5.91 Å². The molecule has 1 aliphatic rings. The number of nitrogens with one attached hydrogen (secondary N) is 1. The van der Waals surface area contributed by atoms with Gasteiger partial charge < -0.3 is 5.32 Å². The molecule has 5 rings (SSSR count). The van der Waals surface area contributed by atoms with Crippen LogP contribution in [-0.2, 0) is 6.54 Å². The monoisotopic (exact) mass is 577 g/mol. The molecule has 7 nitrogen and oxygen atoms in total. The minimum Gasteiger partial charge on any atom is -0.349 e. The molecule has 4 aromatic rings. The maximum absolute atomic E-state index is 13.7. The van der Waals surface area contributed by atoms with E-state index in [2.05, 4.69) is 32.3 Å². The summed E-state index contributed by atoms with van der Waals surface area (Å²) in [5.41, 5.74) is 3.61. The number of nitriles is 1. The molecule has 0 radical (unpaired) electrons. The summed E-state index contributed by atoms with van der Waals surface area (Å²) in [6, 6.07) is 16.9. The average molecular weight is 579 g/mol. The van der Waals surface area contributed by atoms with Crippen LogP contribution in [0.15, 0.2) is 64.0 Å². The Labute approximate surface area is 227 Å². The first-order chi connectivity index (χ1) is 17.9. The van der Waals surface area contributed by atoms with Crippen molar-refractivity contribution in [1.82, 2.24) is 19.4 Å². The molecule has 0 atom stereocenters. The fraction of sp³-hybridized carbons (Fsp3) is 0.286. The molecule has 2 aromatic heterocycles. The predicted molar refractivity (Wildman–Crippen MR) is 147 cm³/mol. The van der Waals surface area contributed by atoms with Gasteiger partial charge in [0.2, 0.25) is 0 Å². The Kier molecular flexibility index (Phi) is 7.18. The van der Waals surface area contributed by atoms with Crippen molar-refractivity contribution in [2.45, 2.75) is 45.2 Å². The molecule has 1 aliphatic carbocycles. The molecule has 0 aliphatic heterocycles. The Morgan fingerprint density at radius 2 is 1.89 bits per heavy atom. The lowest BCUT2D eigenvalue weighted by atomic mass is 9.85. The van der Waals surface area contributed by atoms with Gasteiger partial charge in [-0.25, -0.2) is 4.79 Å². The molecule has 1 N–H and O–H groups in total. The van der Waals surface area contributed by atoms with Crippen molar-refractivity contribution in [2.24, 2.45) is 5.92 Å². The van der Waals surface area contributed by atoms with Crippen LogP contribution >= 0.6 is 27.5 Å². The number of nitrogens with zero attached hydrogens (tertiary/aromatic N) is 4. The number of pyridine rings is 1. The third kappa shape index (κ3) is 5.07. The maximum atomic E-state index is 13.7. The Hall–Kier alpha value is -3.41. The number of aromatic nitrogens is 3. The zero-order chi connectivity index (χ0) is 26.1. The highest BCUT2D eigenvalue weighted by atomic mass is 79.9. The van der Waals surface area contributed by atoms with Gasteiger partial charge in [-0.05, 0) is 74.9 Å². The number of hydrogen-bond acceptors (Lipinski definition) is 4. The summed E-state index contributed by atoms with van der Waals surface area (Å²) in [6.45, 7) is 2.38. The van der Waals surface area contributed by atoms with Crippen molar-refractivity contribution in [3.05, 3.63) is 91.5 Å². The van der Waals surface area contributed by atoms with Crippen LogP contribution in [0.25, 0.3) is 16.7 Å². The van der Waals surface area contributed by atoms with Crippen molar-refractivity contribution in [2.75, 3.05) is 0 Å². The van der Waals surface area contributed by atoms with Gasteiger partial charge in [-0.1, -0.05) is 39.7 Å². The highest BCUT2D eigenvalue weighted by molar-refractivity contribution is 9.10. The van der Waals surface area contributed by atoms with Crippen LogP contribution in [0.5, 0.6) is 0 Å². The largest absolute Gasteiger partial charge is 0.349 e. The van der Waals surface area contributed by atoms with Gasteiger partial charge >= 0.3 is 5.69 Å². The second-order valence-corrected chi connectivity index (χ2v) is 10.8. The van der Waals surface area contributed by atoms with E-state index in [-0.39, 0.29) is 17.6 Å². The Balaban J connectivity index is 1.35. The molecule has 37 heavy (non-hydrogen) atoms. The van der Waals surface area contributed by atoms with E-state index in [1.54, 1.807) is 29.7 Å². The summed E-state index contributed by atoms with van der Waals surface area (Å²) in [5, 5.41) is 13.2. The van der Waals surface area contributed by atoms with Crippen molar-refractivity contribution < 1.29 is 4.79 Å². The summed E-state index contributed by atoms with van der Waals surface area (Å²) in [6.07, 6.45) is 4.99. The Morgan fingerprint density at radius 3 is 2.62 bits per heavy atom. The van der Waals surface area contributed by atoms with E-state index >= 15 is 0 Å². The third-order valence-corrected chi connectivity index (χ3v) is 7.78. The normalized spacial score (nSPS) is 17.5. The second-order valence-electron chi connectivity index (χ2n) is 9.47. The number of benzene rings is 2. The fourth-order valence-corrected chi connectivity index (χ4v) is 5.66. The molecule has 2 aromatic carbocycles. The van der Waals surface area contributed by atoms with E-state index in [0.717, 1.165) is 41.2 Å². The van der Waals surface area contributed by atoms with Gasteiger partial charge in [-0.3, -0.25) is 18.9 Å². The van der Waals surface area contributed by atoms with Crippen LogP contribution in [0.3, 0.4) is 0 Å². The highest BCUT2D eigenvalue weighted by Gasteiger charge is 2.26. The van der Waals surface area contributed by atoms with Crippen LogP contribution in [0.1, 0.15) is 47.3 Å². The zero-order valence-corrected chi connectivity index (χ0v) is 22.6. The van der Waals surface area contributed by atoms with Crippen molar-refractivity contribution in [3.63, 3.8) is 0 Å². The van der Waals surface area contributed by atoms with Gasteiger partial charge in [0.1, 0.15) is 6.07 Å². The number of fused-ring (bicyclic) bond motifs is 1. The molecule has 1 saturated carbocycles. The van der Waals surface area contributed by atoms with Gasteiger partial charge in [-0.15, -0.1) is 0 Å². The molecular weight excluding hydrogens is 554 g/mol. The molecule has 9 heteroatoms. The number of halogens is 2. The average Bonchev–Trinajstić information content (AvgIpc) is 3.17. The number of amides is 1. The minimum atomic E-state index is -0.157. The van der Waals surface area contributed by atoms with Crippen molar-refractivity contribution >= 4 is 44.5 Å². The molecule has 0 bridgehead atoms. The number of carbonyl (C=O) groups is 1. The SMILES string of the molecule is Cc1ncc(Cl)cc1C(=O)NC1CCC(Cn2c(=O)n(-c3cc(Br)ccc3C#N)c3ccccc32)CC1. The highest BCUT2D eigenvalue weighted by Crippen LogP contribution is 2.29. The number of para-hydroxylation sites is 2. The van der Waals surface area contributed by atoms with Crippen molar-refractivity contribution in [1.29, 1.82) is 5.26 Å². The number of rotatable bonds is 5. The Morgan fingerprint density at radius 1 is 1.16 bits per heavy atom. The predicted octanol–water partition coefficient (Wildman–Crippen LogP) is 5.77. The zero-order valence-electron chi connectivity index (χ0n) is 20.2. The summed E-state index contributed by atoms with van der Waals surface area (Å²) < 4.78 is 4.25. The summed E-state index contributed by atoms with van der Waals surface area (Å²) in [7, 11) is 0. The van der Waals surface area contributed by atoms with Gasteiger partial charge in [0, 0.05) is 23.3 Å². The number of hydrogen-bond donors (Lipinski definition) is 1. The molecule has 1 amide bonds. The van der Waals surface area contributed by atoms with E-state index in [4.69, 9.17) is 11.6 Å².